The highest BCUT2D eigenvalue weighted by Crippen LogP contribution is 2.42. The van der Waals surface area contributed by atoms with Crippen LogP contribution in [0.15, 0.2) is 78.0 Å². The van der Waals surface area contributed by atoms with Crippen molar-refractivity contribution in [3.63, 3.8) is 0 Å². The smallest absolute Gasteiger partial charge is 0.240 e. The predicted molar refractivity (Wildman–Crippen MR) is 126 cm³/mol. The van der Waals surface area contributed by atoms with Crippen LogP contribution < -0.4 is 39.6 Å². The van der Waals surface area contributed by atoms with Crippen LogP contribution in [0.4, 0.5) is 11.4 Å². The van der Waals surface area contributed by atoms with E-state index in [0.717, 1.165) is 17.8 Å². The van der Waals surface area contributed by atoms with Gasteiger partial charge in [-0.2, -0.15) is 0 Å². The number of halogens is 1. The van der Waals surface area contributed by atoms with Crippen LogP contribution >= 0.6 is 11.8 Å². The first-order chi connectivity index (χ1) is 14.1. The van der Waals surface area contributed by atoms with Crippen molar-refractivity contribution >= 4 is 39.0 Å². The van der Waals surface area contributed by atoms with Gasteiger partial charge in [-0.1, -0.05) is 66.4 Å². The molecule has 0 aliphatic carbocycles. The lowest BCUT2D eigenvalue weighted by atomic mass is 9.87. The van der Waals surface area contributed by atoms with Crippen molar-refractivity contribution in [2.45, 2.75) is 31.8 Å². The zero-order valence-electron chi connectivity index (χ0n) is 17.4. The van der Waals surface area contributed by atoms with E-state index in [4.69, 9.17) is 0 Å². The maximum atomic E-state index is 3.86. The molecule has 0 spiro atoms. The topological polar surface area (TPSA) is 38.0 Å². The largest absolute Gasteiger partial charge is 1.00 e. The Balaban J connectivity index is 0.00000218. The third kappa shape index (κ3) is 3.73. The molecule has 5 rings (SSSR count). The van der Waals surface area contributed by atoms with Crippen LogP contribution in [-0.4, -0.2) is 16.8 Å². The van der Waals surface area contributed by atoms with Crippen LogP contribution in [0, 0.1) is 0 Å². The van der Waals surface area contributed by atoms with Crippen LogP contribution in [0.5, 0.6) is 0 Å². The van der Waals surface area contributed by atoms with Crippen LogP contribution in [0.3, 0.4) is 0 Å². The molecule has 1 unspecified atom stereocenters. The molecule has 0 aromatic heterocycles. The number of rotatable bonds is 1. The van der Waals surface area contributed by atoms with E-state index in [1.165, 1.54) is 32.6 Å². The Morgan fingerprint density at radius 3 is 2.43 bits per heavy atom. The average molecular weight is 527 g/mol. The summed E-state index contributed by atoms with van der Waals surface area (Å²) >= 11 is 1.79. The Bertz CT molecular complexity index is 1160. The van der Waals surface area contributed by atoms with Gasteiger partial charge in [0.15, 0.2) is 5.54 Å². The molecular formula is C25H26IN3S. The molecule has 0 saturated carbocycles. The lowest BCUT2D eigenvalue weighted by molar-refractivity contribution is -0.542. The first-order valence-corrected chi connectivity index (χ1v) is 11.3. The molecular weight excluding hydrogens is 501 g/mol. The maximum Gasteiger partial charge on any atom is 0.240 e. The Labute approximate surface area is 199 Å². The number of thioether (sulfide) groups is 1. The minimum Gasteiger partial charge on any atom is -1.00 e. The van der Waals surface area contributed by atoms with Gasteiger partial charge in [-0.25, -0.2) is 4.99 Å². The van der Waals surface area contributed by atoms with Crippen molar-refractivity contribution in [1.29, 1.82) is 0 Å². The number of hydrogen-bond acceptors (Lipinski definition) is 3. The molecule has 0 bridgehead atoms. The number of nitrogens with one attached hydrogen (secondary N) is 3. The number of para-hydroxylation sites is 2. The van der Waals surface area contributed by atoms with Crippen molar-refractivity contribution in [3.8, 4) is 0 Å². The number of benzene rings is 3. The van der Waals surface area contributed by atoms with Gasteiger partial charge in [0.1, 0.15) is 0 Å². The summed E-state index contributed by atoms with van der Waals surface area (Å²) in [5, 5.41) is 11.4. The van der Waals surface area contributed by atoms with E-state index in [-0.39, 0.29) is 35.6 Å². The molecule has 0 radical (unpaired) electrons. The zero-order chi connectivity index (χ0) is 20.0. The molecule has 2 aliphatic heterocycles. The minimum atomic E-state index is 0. The summed E-state index contributed by atoms with van der Waals surface area (Å²) in [4.78, 5) is 3.79. The highest BCUT2D eigenvalue weighted by molar-refractivity contribution is 8.13. The van der Waals surface area contributed by atoms with E-state index in [1.807, 2.05) is 0 Å². The second kappa shape index (κ2) is 8.27. The standard InChI is InChI=1S/C25H25N3S.HI/c1-25(2)15-21-22(24(28-25)29-3)23(27-20-14-7-6-13-19(20)26-21)18-12-8-10-16-9-4-5-11-17(16)18;/h4-14,23,26-27H,15H2,1-3H3;1H. The highest BCUT2D eigenvalue weighted by atomic mass is 127. The third-order valence-electron chi connectivity index (χ3n) is 5.78. The molecule has 3 N–H and O–H groups in total. The van der Waals surface area contributed by atoms with Gasteiger partial charge in [0.2, 0.25) is 5.04 Å². The van der Waals surface area contributed by atoms with Crippen LogP contribution in [0.1, 0.15) is 31.9 Å². The number of hydrogen-bond donors (Lipinski definition) is 3. The molecule has 2 aliphatic rings. The van der Waals surface area contributed by atoms with Gasteiger partial charge in [0.05, 0.1) is 29.4 Å². The fourth-order valence-electron chi connectivity index (χ4n) is 4.51. The van der Waals surface area contributed by atoms with E-state index in [2.05, 4.69) is 102 Å². The summed E-state index contributed by atoms with van der Waals surface area (Å²) in [6.45, 7) is 4.54. The molecule has 3 aromatic carbocycles. The van der Waals surface area contributed by atoms with E-state index in [0.29, 0.717) is 0 Å². The Hall–Kier alpha value is -1.99. The summed E-state index contributed by atoms with van der Waals surface area (Å²) in [7, 11) is 0. The summed E-state index contributed by atoms with van der Waals surface area (Å²) in [5.41, 5.74) is 6.21. The summed E-state index contributed by atoms with van der Waals surface area (Å²) in [6, 6.07) is 23.9. The van der Waals surface area contributed by atoms with Crippen LogP contribution in [0.25, 0.3) is 10.8 Å². The fourth-order valence-corrected chi connectivity index (χ4v) is 5.35. The first kappa shape index (κ1) is 21.2. The molecule has 0 amide bonds. The normalized spacial score (nSPS) is 19.4. The molecule has 0 saturated heterocycles. The lowest BCUT2D eigenvalue weighted by Gasteiger charge is -2.29. The molecule has 1 atom stereocenters. The maximum absolute atomic E-state index is 3.86. The first-order valence-electron chi connectivity index (χ1n) is 10.1. The van der Waals surface area contributed by atoms with Gasteiger partial charge >= 0.3 is 0 Å². The molecule has 154 valence electrons. The monoisotopic (exact) mass is 527 g/mol. The highest BCUT2D eigenvalue weighted by Gasteiger charge is 2.40. The second-order valence-electron chi connectivity index (χ2n) is 8.43. The number of anilines is 2. The average Bonchev–Trinajstić information content (AvgIpc) is 2.88. The Kier molecular flexibility index (Phi) is 5.86. The number of fused-ring (bicyclic) bond motifs is 2. The van der Waals surface area contributed by atoms with Gasteiger partial charge in [-0.15, -0.1) is 0 Å². The zero-order valence-corrected chi connectivity index (χ0v) is 20.4. The lowest BCUT2D eigenvalue weighted by Crippen LogP contribution is -3.00. The van der Waals surface area contributed by atoms with Crippen molar-refractivity contribution in [3.05, 3.63) is 83.6 Å². The van der Waals surface area contributed by atoms with Crippen molar-refractivity contribution in [2.75, 3.05) is 16.9 Å². The van der Waals surface area contributed by atoms with Gasteiger partial charge in [-0.3, -0.25) is 0 Å². The molecule has 3 nitrogen and oxygen atoms in total. The predicted octanol–water partition coefficient (Wildman–Crippen LogP) is 1.70. The Morgan fingerprint density at radius 1 is 0.933 bits per heavy atom. The third-order valence-corrected chi connectivity index (χ3v) is 6.51. The second-order valence-corrected chi connectivity index (χ2v) is 9.24. The minimum absolute atomic E-state index is 0. The quantitative estimate of drug-likeness (QED) is 0.422. The van der Waals surface area contributed by atoms with Crippen molar-refractivity contribution in [1.82, 2.24) is 0 Å². The molecule has 30 heavy (non-hydrogen) atoms. The van der Waals surface area contributed by atoms with Gasteiger partial charge in [0.25, 0.3) is 0 Å². The van der Waals surface area contributed by atoms with Crippen LogP contribution in [-0.2, 0) is 0 Å². The van der Waals surface area contributed by atoms with E-state index in [1.54, 1.807) is 11.8 Å². The van der Waals surface area contributed by atoms with Crippen LogP contribution in [0.2, 0.25) is 0 Å². The van der Waals surface area contributed by atoms with Gasteiger partial charge in [-0.05, 0) is 34.7 Å². The molecule has 2 heterocycles. The molecule has 5 heteroatoms. The van der Waals surface area contributed by atoms with Crippen molar-refractivity contribution < 1.29 is 29.0 Å². The molecule has 3 aromatic rings. The summed E-state index contributed by atoms with van der Waals surface area (Å²) < 4.78 is 0. The SMILES string of the molecule is CSC1=[NH+]C(C)(C)CC2=C1C(c1cccc3ccccc13)Nc1ccccc1N2.[I-]. The fraction of sp³-hybridized carbons (Fsp3) is 0.240. The Morgan fingerprint density at radius 2 is 1.63 bits per heavy atom. The van der Waals surface area contributed by atoms with Gasteiger partial charge in [0, 0.05) is 19.5 Å². The summed E-state index contributed by atoms with van der Waals surface area (Å²) in [5.74, 6) is 0. The summed E-state index contributed by atoms with van der Waals surface area (Å²) in [6.07, 6.45) is 3.11. The van der Waals surface area contributed by atoms with E-state index < -0.39 is 0 Å². The van der Waals surface area contributed by atoms with Gasteiger partial charge < -0.3 is 34.6 Å². The van der Waals surface area contributed by atoms with Crippen molar-refractivity contribution in [2.24, 2.45) is 0 Å². The van der Waals surface area contributed by atoms with E-state index >= 15 is 0 Å². The molecule has 0 fully saturated rings. The van der Waals surface area contributed by atoms with E-state index in [9.17, 15) is 0 Å².